The summed E-state index contributed by atoms with van der Waals surface area (Å²) in [5, 5.41) is 2.99. The van der Waals surface area contributed by atoms with Crippen LogP contribution in [0.2, 0.25) is 0 Å². The van der Waals surface area contributed by atoms with Crippen molar-refractivity contribution >= 4 is 29.0 Å². The van der Waals surface area contributed by atoms with Crippen LogP contribution in [0.25, 0.3) is 0 Å². The minimum Gasteiger partial charge on any atom is -0.360 e. The van der Waals surface area contributed by atoms with Gasteiger partial charge in [-0.05, 0) is 57.4 Å². The lowest BCUT2D eigenvalue weighted by atomic mass is 10.2. The number of anilines is 2. The van der Waals surface area contributed by atoms with Crippen LogP contribution in [0.5, 0.6) is 0 Å². The maximum absolute atomic E-state index is 12.4. The second kappa shape index (κ2) is 8.06. The van der Waals surface area contributed by atoms with Crippen LogP contribution in [-0.4, -0.2) is 24.7 Å². The van der Waals surface area contributed by atoms with Crippen molar-refractivity contribution in [1.29, 1.82) is 0 Å². The number of benzene rings is 2. The fraction of sp³-hybridized carbons (Fsp3) is 0.316. The van der Waals surface area contributed by atoms with Gasteiger partial charge in [-0.3, -0.25) is 4.79 Å². The molecule has 0 heterocycles. The largest absolute Gasteiger partial charge is 0.360 e. The maximum Gasteiger partial charge on any atom is 0.243 e. The van der Waals surface area contributed by atoms with Gasteiger partial charge in [-0.25, -0.2) is 0 Å². The van der Waals surface area contributed by atoms with E-state index >= 15 is 0 Å². The highest BCUT2D eigenvalue weighted by Crippen LogP contribution is 2.20. The molecule has 2 rings (SSSR count). The van der Waals surface area contributed by atoms with Gasteiger partial charge in [0.25, 0.3) is 0 Å². The van der Waals surface area contributed by atoms with Crippen LogP contribution in [0.4, 0.5) is 11.4 Å². The fourth-order valence-corrected chi connectivity index (χ4v) is 2.82. The van der Waals surface area contributed by atoms with Crippen molar-refractivity contribution in [2.24, 2.45) is 0 Å². The summed E-state index contributed by atoms with van der Waals surface area (Å²) >= 11 is 1.67. The van der Waals surface area contributed by atoms with Crippen molar-refractivity contribution in [1.82, 2.24) is 0 Å². The first-order valence-electron chi connectivity index (χ1n) is 7.77. The number of carbonyl (C=O) groups excluding carboxylic acids is 1. The molecule has 0 saturated heterocycles. The molecule has 4 heteroatoms. The van der Waals surface area contributed by atoms with Gasteiger partial charge in [0.1, 0.15) is 0 Å². The summed E-state index contributed by atoms with van der Waals surface area (Å²) in [4.78, 5) is 15.7. The van der Waals surface area contributed by atoms with E-state index in [1.807, 2.05) is 30.5 Å². The third-order valence-corrected chi connectivity index (χ3v) is 4.38. The Morgan fingerprint density at radius 2 is 1.87 bits per heavy atom. The lowest BCUT2D eigenvalue weighted by Crippen LogP contribution is -2.38. The molecule has 0 unspecified atom stereocenters. The predicted octanol–water partition coefficient (Wildman–Crippen LogP) is 4.57. The first-order valence-corrected chi connectivity index (χ1v) is 8.99. The van der Waals surface area contributed by atoms with E-state index in [2.05, 4.69) is 55.3 Å². The van der Waals surface area contributed by atoms with E-state index in [1.54, 1.807) is 11.8 Å². The molecule has 0 aliphatic heterocycles. The zero-order chi connectivity index (χ0) is 16.8. The van der Waals surface area contributed by atoms with E-state index in [9.17, 15) is 4.79 Å². The second-order valence-corrected chi connectivity index (χ2v) is 6.72. The number of nitrogens with one attached hydrogen (secondary N) is 1. The summed E-state index contributed by atoms with van der Waals surface area (Å²) in [5.74, 6) is -0.00229. The topological polar surface area (TPSA) is 32.3 Å². The summed E-state index contributed by atoms with van der Waals surface area (Å²) in [6.07, 6.45) is 2.03. The zero-order valence-electron chi connectivity index (χ0n) is 14.2. The van der Waals surface area contributed by atoms with Crippen molar-refractivity contribution < 1.29 is 4.79 Å². The standard InChI is InChI=1S/C19H24N2OS/c1-14(2)21(17-10-8-15(3)9-11-17)13-19(22)20-16-6-5-7-18(12-16)23-4/h5-12,14H,13H2,1-4H3,(H,20,22). The number of aryl methyl sites for hydroxylation is 1. The predicted molar refractivity (Wildman–Crippen MR) is 101 cm³/mol. The molecule has 0 radical (unpaired) electrons. The smallest absolute Gasteiger partial charge is 0.243 e. The van der Waals surface area contributed by atoms with Gasteiger partial charge in [-0.1, -0.05) is 23.8 Å². The van der Waals surface area contributed by atoms with Crippen LogP contribution >= 0.6 is 11.8 Å². The third-order valence-electron chi connectivity index (χ3n) is 3.66. The Hall–Kier alpha value is -1.94. The highest BCUT2D eigenvalue weighted by atomic mass is 32.2. The van der Waals surface area contributed by atoms with Crippen LogP contribution in [0.15, 0.2) is 53.4 Å². The minimum absolute atomic E-state index is 0.00229. The molecule has 0 spiro atoms. The Morgan fingerprint density at radius 3 is 2.48 bits per heavy atom. The van der Waals surface area contributed by atoms with Crippen molar-refractivity contribution in [3.8, 4) is 0 Å². The monoisotopic (exact) mass is 328 g/mol. The zero-order valence-corrected chi connectivity index (χ0v) is 15.0. The Kier molecular flexibility index (Phi) is 6.11. The summed E-state index contributed by atoms with van der Waals surface area (Å²) in [6.45, 7) is 6.60. The van der Waals surface area contributed by atoms with Crippen LogP contribution < -0.4 is 10.2 Å². The van der Waals surface area contributed by atoms with E-state index in [4.69, 9.17) is 0 Å². The first-order chi connectivity index (χ1) is 11.0. The van der Waals surface area contributed by atoms with Gasteiger partial charge >= 0.3 is 0 Å². The molecular weight excluding hydrogens is 304 g/mol. The molecule has 0 atom stereocenters. The molecule has 2 aromatic carbocycles. The Labute approximate surface area is 143 Å². The van der Waals surface area contributed by atoms with E-state index in [0.717, 1.165) is 16.3 Å². The third kappa shape index (κ3) is 5.03. The molecule has 1 amide bonds. The van der Waals surface area contributed by atoms with E-state index in [-0.39, 0.29) is 11.9 Å². The molecule has 0 aromatic heterocycles. The summed E-state index contributed by atoms with van der Waals surface area (Å²) in [5.41, 5.74) is 3.13. The minimum atomic E-state index is -0.00229. The highest BCUT2D eigenvalue weighted by Gasteiger charge is 2.15. The quantitative estimate of drug-likeness (QED) is 0.788. The van der Waals surface area contributed by atoms with Crippen molar-refractivity contribution in [2.45, 2.75) is 31.7 Å². The van der Waals surface area contributed by atoms with E-state index < -0.39 is 0 Å². The molecule has 0 saturated carbocycles. The normalized spacial score (nSPS) is 10.7. The molecule has 0 fully saturated rings. The Morgan fingerprint density at radius 1 is 1.17 bits per heavy atom. The first kappa shape index (κ1) is 17.4. The lowest BCUT2D eigenvalue weighted by molar-refractivity contribution is -0.115. The van der Waals surface area contributed by atoms with Crippen molar-refractivity contribution in [3.05, 3.63) is 54.1 Å². The number of rotatable bonds is 6. The number of nitrogens with zero attached hydrogens (tertiary/aromatic N) is 1. The van der Waals surface area contributed by atoms with Gasteiger partial charge in [-0.15, -0.1) is 11.8 Å². The molecule has 0 bridgehead atoms. The average molecular weight is 328 g/mol. The molecule has 3 nitrogen and oxygen atoms in total. The van der Waals surface area contributed by atoms with E-state index in [1.165, 1.54) is 5.56 Å². The highest BCUT2D eigenvalue weighted by molar-refractivity contribution is 7.98. The fourth-order valence-electron chi connectivity index (χ4n) is 2.36. The molecule has 1 N–H and O–H groups in total. The number of amides is 1. The second-order valence-electron chi connectivity index (χ2n) is 5.84. The summed E-state index contributed by atoms with van der Waals surface area (Å²) < 4.78 is 0. The summed E-state index contributed by atoms with van der Waals surface area (Å²) in [7, 11) is 0. The van der Waals surface area contributed by atoms with Crippen molar-refractivity contribution in [2.75, 3.05) is 23.0 Å². The Bertz CT molecular complexity index is 653. The van der Waals surface area contributed by atoms with Crippen LogP contribution in [0.1, 0.15) is 19.4 Å². The SMILES string of the molecule is CSc1cccc(NC(=O)CN(c2ccc(C)cc2)C(C)C)c1. The number of carbonyl (C=O) groups is 1. The molecular formula is C19H24N2OS. The van der Waals surface area contributed by atoms with Crippen LogP contribution in [0, 0.1) is 6.92 Å². The van der Waals surface area contributed by atoms with Gasteiger partial charge < -0.3 is 10.2 Å². The molecule has 2 aromatic rings. The van der Waals surface area contributed by atoms with Gasteiger partial charge in [0.15, 0.2) is 0 Å². The van der Waals surface area contributed by atoms with Gasteiger partial charge in [0, 0.05) is 22.3 Å². The van der Waals surface area contributed by atoms with Crippen LogP contribution in [0.3, 0.4) is 0 Å². The Balaban J connectivity index is 2.07. The molecule has 0 aliphatic rings. The van der Waals surface area contributed by atoms with Gasteiger partial charge in [0.2, 0.25) is 5.91 Å². The number of thioether (sulfide) groups is 1. The lowest BCUT2D eigenvalue weighted by Gasteiger charge is -2.28. The van der Waals surface area contributed by atoms with Crippen LogP contribution in [-0.2, 0) is 4.79 Å². The molecule has 23 heavy (non-hydrogen) atoms. The van der Waals surface area contributed by atoms with Crippen molar-refractivity contribution in [3.63, 3.8) is 0 Å². The number of hydrogen-bond acceptors (Lipinski definition) is 3. The van der Waals surface area contributed by atoms with Gasteiger partial charge in [-0.2, -0.15) is 0 Å². The average Bonchev–Trinajstić information content (AvgIpc) is 2.53. The van der Waals surface area contributed by atoms with E-state index in [0.29, 0.717) is 6.54 Å². The molecule has 0 aliphatic carbocycles. The summed E-state index contributed by atoms with van der Waals surface area (Å²) in [6, 6.07) is 16.4. The number of hydrogen-bond donors (Lipinski definition) is 1. The molecule has 122 valence electrons. The van der Waals surface area contributed by atoms with Gasteiger partial charge in [0.05, 0.1) is 6.54 Å². The maximum atomic E-state index is 12.4.